The van der Waals surface area contributed by atoms with Gasteiger partial charge in [-0.3, -0.25) is 0 Å². The Morgan fingerprint density at radius 3 is 1.44 bits per heavy atom. The van der Waals surface area contributed by atoms with Crippen LogP contribution < -0.4 is 0 Å². The smallest absolute Gasteiger partial charge is 0.162 e. The van der Waals surface area contributed by atoms with Crippen LogP contribution in [0.5, 0.6) is 0 Å². The summed E-state index contributed by atoms with van der Waals surface area (Å²) >= 11 is 0. The molecule has 0 spiro atoms. The Labute approximate surface area is 162 Å². The molecule has 0 N–H and O–H groups in total. The molecule has 0 aliphatic heterocycles. The lowest BCUT2D eigenvalue weighted by atomic mass is 9.92. The summed E-state index contributed by atoms with van der Waals surface area (Å²) in [6.07, 6.45) is 0. The summed E-state index contributed by atoms with van der Waals surface area (Å²) in [5.41, 5.74) is 9.57. The predicted octanol–water partition coefficient (Wildman–Crippen LogP) is 7.58. The summed E-state index contributed by atoms with van der Waals surface area (Å²) in [6, 6.07) is 6.74. The van der Waals surface area contributed by atoms with Crippen LogP contribution in [0, 0.1) is 73.9 Å². The van der Waals surface area contributed by atoms with Gasteiger partial charge in [-0.1, -0.05) is 18.2 Å². The van der Waals surface area contributed by atoms with E-state index in [4.69, 9.17) is 0 Å². The molecule has 3 aromatic rings. The molecule has 144 valence electrons. The Morgan fingerprint density at radius 1 is 0.481 bits per heavy atom. The molecular formula is C25H30F2. The van der Waals surface area contributed by atoms with E-state index in [1.807, 2.05) is 0 Å². The lowest BCUT2D eigenvalue weighted by molar-refractivity contribution is 0.495. The van der Waals surface area contributed by atoms with E-state index in [9.17, 15) is 8.78 Å². The van der Waals surface area contributed by atoms with Gasteiger partial charge < -0.3 is 0 Å². The average Bonchev–Trinajstić information content (AvgIpc) is 2.65. The zero-order chi connectivity index (χ0) is 20.6. The van der Waals surface area contributed by atoms with Crippen LogP contribution in [0.25, 0.3) is 10.8 Å². The number of aryl methyl sites for hydroxylation is 4. The van der Waals surface area contributed by atoms with Crippen LogP contribution in [-0.2, 0) is 0 Å². The third-order valence-corrected chi connectivity index (χ3v) is 6.21. The molecule has 3 rings (SSSR count). The van der Waals surface area contributed by atoms with Crippen molar-refractivity contribution >= 4 is 10.8 Å². The molecule has 0 aliphatic carbocycles. The number of benzene rings is 3. The summed E-state index contributed by atoms with van der Waals surface area (Å²) in [6.45, 7) is 17.9. The van der Waals surface area contributed by atoms with E-state index in [0.717, 1.165) is 11.1 Å². The first-order valence-corrected chi connectivity index (χ1v) is 9.37. The Hall–Kier alpha value is -2.22. The van der Waals surface area contributed by atoms with Crippen molar-refractivity contribution in [3.05, 3.63) is 79.9 Å². The minimum Gasteiger partial charge on any atom is -0.203 e. The number of hydrogen-bond donors (Lipinski definition) is 0. The van der Waals surface area contributed by atoms with E-state index >= 15 is 0 Å². The van der Waals surface area contributed by atoms with Crippen LogP contribution in [0.1, 0.15) is 50.1 Å². The lowest BCUT2D eigenvalue weighted by Gasteiger charge is -2.13. The summed E-state index contributed by atoms with van der Waals surface area (Å²) in [5.74, 6) is -1.42. The van der Waals surface area contributed by atoms with Gasteiger partial charge in [0.25, 0.3) is 0 Å². The zero-order valence-electron chi connectivity index (χ0n) is 18.0. The van der Waals surface area contributed by atoms with Crippen molar-refractivity contribution in [2.24, 2.45) is 0 Å². The maximum atomic E-state index is 13.1. The molecule has 0 nitrogen and oxygen atoms in total. The third kappa shape index (κ3) is 3.76. The van der Waals surface area contributed by atoms with Gasteiger partial charge in [0.1, 0.15) is 0 Å². The highest BCUT2D eigenvalue weighted by Gasteiger charge is 2.14. The van der Waals surface area contributed by atoms with Crippen LogP contribution in [0.2, 0.25) is 0 Å². The Bertz CT molecular complexity index is 922. The maximum Gasteiger partial charge on any atom is 0.162 e. The van der Waals surface area contributed by atoms with Crippen molar-refractivity contribution in [2.45, 2.75) is 62.3 Å². The SMILES string of the molecule is Cc1c(C)c(C)c(F)c(F)c1C.Cc1cc2ccc(C)c(C)c2c(C)c1C. The van der Waals surface area contributed by atoms with Crippen molar-refractivity contribution in [1.82, 2.24) is 0 Å². The fourth-order valence-corrected chi connectivity index (χ4v) is 3.50. The van der Waals surface area contributed by atoms with Crippen molar-refractivity contribution in [2.75, 3.05) is 0 Å². The quantitative estimate of drug-likeness (QED) is 0.383. The first-order chi connectivity index (χ1) is 12.5. The Kier molecular flexibility index (Phi) is 6.09. The second-order valence-electron chi connectivity index (χ2n) is 7.68. The van der Waals surface area contributed by atoms with E-state index in [1.165, 1.54) is 38.6 Å². The zero-order valence-corrected chi connectivity index (χ0v) is 18.0. The van der Waals surface area contributed by atoms with Gasteiger partial charge in [-0.25, -0.2) is 8.78 Å². The molecule has 0 bridgehead atoms. The van der Waals surface area contributed by atoms with Crippen molar-refractivity contribution < 1.29 is 8.78 Å². The van der Waals surface area contributed by atoms with E-state index in [-0.39, 0.29) is 0 Å². The number of hydrogen-bond acceptors (Lipinski definition) is 0. The molecule has 0 aliphatic rings. The highest BCUT2D eigenvalue weighted by Crippen LogP contribution is 2.29. The van der Waals surface area contributed by atoms with E-state index in [1.54, 1.807) is 27.7 Å². The molecule has 27 heavy (non-hydrogen) atoms. The van der Waals surface area contributed by atoms with Crippen molar-refractivity contribution in [3.63, 3.8) is 0 Å². The first-order valence-electron chi connectivity index (χ1n) is 9.37. The second kappa shape index (κ2) is 7.80. The molecule has 0 fully saturated rings. The highest BCUT2D eigenvalue weighted by atomic mass is 19.2. The molecule has 3 aromatic carbocycles. The Balaban J connectivity index is 0.000000199. The summed E-state index contributed by atoms with van der Waals surface area (Å²) < 4.78 is 26.1. The standard InChI is InChI=1S/C15H18.C10H12F2/c1-9-6-7-14-8-10(2)11(3)13(5)15(14)12(9)4;1-5-6(2)8(4)10(12)9(11)7(5)3/h6-8H,1-5H3;1-4H3. The molecule has 0 aromatic heterocycles. The number of fused-ring (bicyclic) bond motifs is 1. The molecule has 0 saturated heterocycles. The summed E-state index contributed by atoms with van der Waals surface area (Å²) in [7, 11) is 0. The molecular weight excluding hydrogens is 338 g/mol. The van der Waals surface area contributed by atoms with Crippen LogP contribution in [0.3, 0.4) is 0 Å². The molecule has 0 unspecified atom stereocenters. The van der Waals surface area contributed by atoms with Crippen LogP contribution in [-0.4, -0.2) is 0 Å². The molecule has 0 saturated carbocycles. The van der Waals surface area contributed by atoms with Crippen LogP contribution in [0.15, 0.2) is 18.2 Å². The molecule has 0 amide bonds. The monoisotopic (exact) mass is 368 g/mol. The van der Waals surface area contributed by atoms with Crippen LogP contribution in [0.4, 0.5) is 8.78 Å². The largest absolute Gasteiger partial charge is 0.203 e. The van der Waals surface area contributed by atoms with Gasteiger partial charge in [0, 0.05) is 0 Å². The van der Waals surface area contributed by atoms with Gasteiger partial charge in [-0.2, -0.15) is 0 Å². The van der Waals surface area contributed by atoms with Gasteiger partial charge >= 0.3 is 0 Å². The molecule has 0 heterocycles. The van der Waals surface area contributed by atoms with Gasteiger partial charge in [-0.15, -0.1) is 0 Å². The summed E-state index contributed by atoms with van der Waals surface area (Å²) in [4.78, 5) is 0. The molecule has 2 heteroatoms. The van der Waals surface area contributed by atoms with Gasteiger partial charge in [0.2, 0.25) is 0 Å². The number of rotatable bonds is 0. The normalized spacial score (nSPS) is 10.8. The fourth-order valence-electron chi connectivity index (χ4n) is 3.50. The lowest BCUT2D eigenvalue weighted by Crippen LogP contribution is -2.00. The van der Waals surface area contributed by atoms with Crippen molar-refractivity contribution in [3.8, 4) is 0 Å². The topological polar surface area (TPSA) is 0 Å². The molecule has 0 radical (unpaired) electrons. The molecule has 0 atom stereocenters. The third-order valence-electron chi connectivity index (χ3n) is 6.21. The minimum absolute atomic E-state index is 0.413. The van der Waals surface area contributed by atoms with Gasteiger partial charge in [0.15, 0.2) is 11.6 Å². The summed E-state index contributed by atoms with van der Waals surface area (Å²) in [5, 5.41) is 2.82. The highest BCUT2D eigenvalue weighted by molar-refractivity contribution is 5.91. The Morgan fingerprint density at radius 2 is 0.963 bits per heavy atom. The predicted molar refractivity (Wildman–Crippen MR) is 113 cm³/mol. The van der Waals surface area contributed by atoms with Crippen LogP contribution >= 0.6 is 0 Å². The van der Waals surface area contributed by atoms with Crippen molar-refractivity contribution in [1.29, 1.82) is 0 Å². The average molecular weight is 369 g/mol. The van der Waals surface area contributed by atoms with Gasteiger partial charge in [-0.05, 0) is 123 Å². The van der Waals surface area contributed by atoms with E-state index in [2.05, 4.69) is 52.8 Å². The fraction of sp³-hybridized carbons (Fsp3) is 0.360. The first kappa shape index (κ1) is 21.1. The minimum atomic E-state index is -0.712. The van der Waals surface area contributed by atoms with E-state index in [0.29, 0.717) is 11.1 Å². The second-order valence-corrected chi connectivity index (χ2v) is 7.68. The van der Waals surface area contributed by atoms with E-state index < -0.39 is 11.6 Å². The van der Waals surface area contributed by atoms with Gasteiger partial charge in [0.05, 0.1) is 0 Å². The number of halogens is 2. The maximum absolute atomic E-state index is 13.1.